The van der Waals surface area contributed by atoms with Crippen molar-refractivity contribution in [2.45, 2.75) is 26.2 Å². The van der Waals surface area contributed by atoms with E-state index < -0.39 is 0 Å². The molecule has 1 aliphatic rings. The van der Waals surface area contributed by atoms with Crippen molar-refractivity contribution < 1.29 is 4.79 Å². The Morgan fingerprint density at radius 2 is 2.42 bits per heavy atom. The fourth-order valence-corrected chi connectivity index (χ4v) is 3.37. The molecule has 0 radical (unpaired) electrons. The highest BCUT2D eigenvalue weighted by Crippen LogP contribution is 2.28. The van der Waals surface area contributed by atoms with Crippen molar-refractivity contribution in [2.24, 2.45) is 5.92 Å². The first-order valence-corrected chi connectivity index (χ1v) is 7.37. The Balaban J connectivity index is 1.72. The number of anilines is 1. The van der Waals surface area contributed by atoms with Crippen LogP contribution in [0, 0.1) is 12.8 Å². The lowest BCUT2D eigenvalue weighted by Crippen LogP contribution is -2.14. The van der Waals surface area contributed by atoms with Gasteiger partial charge in [-0.05, 0) is 37.3 Å². The summed E-state index contributed by atoms with van der Waals surface area (Å²) < 4.78 is 1.12. The van der Waals surface area contributed by atoms with Crippen molar-refractivity contribution in [3.05, 3.63) is 35.9 Å². The Labute approximate surface area is 116 Å². The Hall–Kier alpha value is -1.68. The molecule has 4 heteroatoms. The molecule has 98 valence electrons. The molecule has 1 atom stereocenters. The minimum atomic E-state index is 0.0632. The fourth-order valence-electron chi connectivity index (χ4n) is 2.41. The van der Waals surface area contributed by atoms with E-state index in [4.69, 9.17) is 0 Å². The summed E-state index contributed by atoms with van der Waals surface area (Å²) in [6.07, 6.45) is 7.04. The fraction of sp³-hybridized carbons (Fsp3) is 0.333. The van der Waals surface area contributed by atoms with Crippen LogP contribution in [0.5, 0.6) is 0 Å². The number of carbonyl (C=O) groups is 1. The van der Waals surface area contributed by atoms with E-state index in [0.29, 0.717) is 17.5 Å². The molecule has 0 bridgehead atoms. The van der Waals surface area contributed by atoms with Crippen LogP contribution in [0.25, 0.3) is 10.2 Å². The van der Waals surface area contributed by atoms with Gasteiger partial charge in [0.2, 0.25) is 5.91 Å². The maximum Gasteiger partial charge on any atom is 0.226 e. The van der Waals surface area contributed by atoms with Gasteiger partial charge in [0, 0.05) is 6.42 Å². The van der Waals surface area contributed by atoms with Crippen LogP contribution in [0.4, 0.5) is 5.13 Å². The first-order valence-electron chi connectivity index (χ1n) is 6.55. The number of nitrogens with zero attached hydrogens (tertiary/aromatic N) is 1. The van der Waals surface area contributed by atoms with E-state index in [-0.39, 0.29) is 5.91 Å². The summed E-state index contributed by atoms with van der Waals surface area (Å²) in [5, 5.41) is 3.62. The second-order valence-electron chi connectivity index (χ2n) is 4.96. The zero-order valence-electron chi connectivity index (χ0n) is 10.8. The summed E-state index contributed by atoms with van der Waals surface area (Å²) in [4.78, 5) is 16.4. The molecule has 1 N–H and O–H groups in total. The summed E-state index contributed by atoms with van der Waals surface area (Å²) in [6, 6.07) is 6.09. The summed E-state index contributed by atoms with van der Waals surface area (Å²) in [5.74, 6) is 0.462. The SMILES string of the molecule is Cc1cccc2sc(NC(=O)C[C@H]3C=CCC3)nc12. The highest BCUT2D eigenvalue weighted by atomic mass is 32.1. The standard InChI is InChI=1S/C15H16N2OS/c1-10-5-4-8-12-14(10)17-15(19-12)16-13(18)9-11-6-2-3-7-11/h2,4-6,8,11H,3,7,9H2,1H3,(H,16,17,18)/t11-/m0/s1. The van der Waals surface area contributed by atoms with Crippen LogP contribution < -0.4 is 5.32 Å². The Kier molecular flexibility index (Phi) is 3.34. The van der Waals surface area contributed by atoms with E-state index in [1.807, 2.05) is 25.1 Å². The van der Waals surface area contributed by atoms with Crippen molar-refractivity contribution in [3.63, 3.8) is 0 Å². The third kappa shape index (κ3) is 2.68. The predicted octanol–water partition coefficient (Wildman–Crippen LogP) is 3.90. The number of allylic oxidation sites excluding steroid dienone is 2. The molecule has 0 aliphatic heterocycles. The van der Waals surface area contributed by atoms with E-state index in [1.165, 1.54) is 11.3 Å². The predicted molar refractivity (Wildman–Crippen MR) is 79.5 cm³/mol. The highest BCUT2D eigenvalue weighted by Gasteiger charge is 2.15. The van der Waals surface area contributed by atoms with Crippen LogP contribution in [0.2, 0.25) is 0 Å². The van der Waals surface area contributed by atoms with E-state index in [0.717, 1.165) is 28.6 Å². The van der Waals surface area contributed by atoms with E-state index in [2.05, 4.69) is 22.5 Å². The number of rotatable bonds is 3. The minimum absolute atomic E-state index is 0.0632. The summed E-state index contributed by atoms with van der Waals surface area (Å²) >= 11 is 1.54. The van der Waals surface area contributed by atoms with Gasteiger partial charge in [0.25, 0.3) is 0 Å². The second-order valence-corrected chi connectivity index (χ2v) is 5.99. The topological polar surface area (TPSA) is 42.0 Å². The van der Waals surface area contributed by atoms with Gasteiger partial charge < -0.3 is 5.32 Å². The maximum absolute atomic E-state index is 12.0. The van der Waals surface area contributed by atoms with Crippen molar-refractivity contribution in [1.82, 2.24) is 4.98 Å². The largest absolute Gasteiger partial charge is 0.302 e. The van der Waals surface area contributed by atoms with Crippen LogP contribution in [0.3, 0.4) is 0 Å². The average molecular weight is 272 g/mol. The molecule has 0 fully saturated rings. The highest BCUT2D eigenvalue weighted by molar-refractivity contribution is 7.22. The van der Waals surface area contributed by atoms with E-state index in [9.17, 15) is 4.79 Å². The first kappa shape index (κ1) is 12.4. The zero-order chi connectivity index (χ0) is 13.2. The van der Waals surface area contributed by atoms with Gasteiger partial charge in [-0.1, -0.05) is 35.6 Å². The molecule has 0 saturated heterocycles. The van der Waals surface area contributed by atoms with Crippen molar-refractivity contribution in [3.8, 4) is 0 Å². The van der Waals surface area contributed by atoms with E-state index >= 15 is 0 Å². The van der Waals surface area contributed by atoms with Crippen LogP contribution in [-0.4, -0.2) is 10.9 Å². The van der Waals surface area contributed by atoms with E-state index in [1.54, 1.807) is 0 Å². The minimum Gasteiger partial charge on any atom is -0.302 e. The molecule has 1 aliphatic carbocycles. The molecule has 0 saturated carbocycles. The van der Waals surface area contributed by atoms with Gasteiger partial charge in [-0.2, -0.15) is 0 Å². The summed E-state index contributed by atoms with van der Waals surface area (Å²) in [6.45, 7) is 2.04. The lowest BCUT2D eigenvalue weighted by molar-refractivity contribution is -0.116. The number of hydrogen-bond donors (Lipinski definition) is 1. The number of aryl methyl sites for hydroxylation is 1. The number of thiazole rings is 1. The number of fused-ring (bicyclic) bond motifs is 1. The smallest absolute Gasteiger partial charge is 0.226 e. The van der Waals surface area contributed by atoms with Gasteiger partial charge >= 0.3 is 0 Å². The third-order valence-corrected chi connectivity index (χ3v) is 4.36. The molecule has 1 amide bonds. The molecule has 2 aromatic rings. The number of benzene rings is 1. The van der Waals surface area contributed by atoms with Crippen molar-refractivity contribution in [2.75, 3.05) is 5.32 Å². The lowest BCUT2D eigenvalue weighted by Gasteiger charge is -2.06. The lowest BCUT2D eigenvalue weighted by atomic mass is 10.1. The van der Waals surface area contributed by atoms with Crippen LogP contribution >= 0.6 is 11.3 Å². The Morgan fingerprint density at radius 1 is 1.53 bits per heavy atom. The second kappa shape index (κ2) is 5.13. The molecule has 3 nitrogen and oxygen atoms in total. The number of amides is 1. The van der Waals surface area contributed by atoms with Crippen LogP contribution in [-0.2, 0) is 4.79 Å². The molecule has 1 heterocycles. The molecule has 1 aromatic carbocycles. The monoisotopic (exact) mass is 272 g/mol. The normalized spacial score (nSPS) is 18.1. The quantitative estimate of drug-likeness (QED) is 0.861. The Morgan fingerprint density at radius 3 is 3.16 bits per heavy atom. The van der Waals surface area contributed by atoms with Gasteiger partial charge in [0.05, 0.1) is 10.2 Å². The number of nitrogens with one attached hydrogen (secondary N) is 1. The molecular weight excluding hydrogens is 256 g/mol. The van der Waals surface area contributed by atoms with Crippen LogP contribution in [0.15, 0.2) is 30.4 Å². The molecular formula is C15H16N2OS. The molecule has 19 heavy (non-hydrogen) atoms. The van der Waals surface area contributed by atoms with Gasteiger partial charge in [0.15, 0.2) is 5.13 Å². The third-order valence-electron chi connectivity index (χ3n) is 3.43. The summed E-state index contributed by atoms with van der Waals surface area (Å²) in [5.41, 5.74) is 2.14. The number of aromatic nitrogens is 1. The van der Waals surface area contributed by atoms with Crippen molar-refractivity contribution in [1.29, 1.82) is 0 Å². The summed E-state index contributed by atoms with van der Waals surface area (Å²) in [7, 11) is 0. The zero-order valence-corrected chi connectivity index (χ0v) is 11.7. The maximum atomic E-state index is 12.0. The Bertz CT molecular complexity index is 645. The molecule has 0 unspecified atom stereocenters. The average Bonchev–Trinajstić information content (AvgIpc) is 2.98. The first-order chi connectivity index (χ1) is 9.22. The molecule has 3 rings (SSSR count). The number of carbonyl (C=O) groups excluding carboxylic acids is 1. The van der Waals surface area contributed by atoms with Gasteiger partial charge in [0.1, 0.15) is 0 Å². The van der Waals surface area contributed by atoms with Gasteiger partial charge in [-0.3, -0.25) is 4.79 Å². The molecule has 1 aromatic heterocycles. The van der Waals surface area contributed by atoms with Gasteiger partial charge in [-0.15, -0.1) is 0 Å². The van der Waals surface area contributed by atoms with Crippen molar-refractivity contribution >= 4 is 32.6 Å². The number of para-hydroxylation sites is 1. The van der Waals surface area contributed by atoms with Gasteiger partial charge in [-0.25, -0.2) is 4.98 Å². The van der Waals surface area contributed by atoms with Crippen LogP contribution in [0.1, 0.15) is 24.8 Å². The number of hydrogen-bond acceptors (Lipinski definition) is 3. The molecule has 0 spiro atoms.